The van der Waals surface area contributed by atoms with Gasteiger partial charge in [-0.1, -0.05) is 37.3 Å². The van der Waals surface area contributed by atoms with Crippen LogP contribution >= 0.6 is 0 Å². The van der Waals surface area contributed by atoms with Crippen LogP contribution in [0, 0.1) is 17.2 Å². The number of amides is 1. The number of nitriles is 1. The van der Waals surface area contributed by atoms with E-state index in [-0.39, 0.29) is 11.9 Å². The molecule has 1 amide bonds. The summed E-state index contributed by atoms with van der Waals surface area (Å²) in [6, 6.07) is 11.7. The van der Waals surface area contributed by atoms with E-state index in [0.29, 0.717) is 0 Å². The van der Waals surface area contributed by atoms with Gasteiger partial charge in [-0.15, -0.1) is 0 Å². The Morgan fingerprint density at radius 2 is 2.06 bits per heavy atom. The van der Waals surface area contributed by atoms with Crippen LogP contribution in [0.2, 0.25) is 0 Å². The first kappa shape index (κ1) is 12.3. The Kier molecular flexibility index (Phi) is 4.53. The first-order chi connectivity index (χ1) is 7.69. The molecule has 1 rings (SSSR count). The lowest BCUT2D eigenvalue weighted by atomic mass is 10.0. The lowest BCUT2D eigenvalue weighted by Crippen LogP contribution is -2.32. The third kappa shape index (κ3) is 3.09. The van der Waals surface area contributed by atoms with Gasteiger partial charge in [-0.3, -0.25) is 4.79 Å². The van der Waals surface area contributed by atoms with Crippen molar-refractivity contribution in [3.8, 4) is 6.07 Å². The van der Waals surface area contributed by atoms with Crippen LogP contribution in [0.4, 0.5) is 0 Å². The fourth-order valence-corrected chi connectivity index (χ4v) is 1.46. The highest BCUT2D eigenvalue weighted by molar-refractivity contribution is 5.81. The fourth-order valence-electron chi connectivity index (χ4n) is 1.46. The molecule has 0 bridgehead atoms. The van der Waals surface area contributed by atoms with Crippen molar-refractivity contribution in [2.24, 2.45) is 5.92 Å². The molecule has 0 aliphatic heterocycles. The van der Waals surface area contributed by atoms with Crippen LogP contribution in [-0.4, -0.2) is 5.91 Å². The van der Waals surface area contributed by atoms with E-state index in [0.717, 1.165) is 12.0 Å². The lowest BCUT2D eigenvalue weighted by molar-refractivity contribution is -0.123. The predicted molar refractivity (Wildman–Crippen MR) is 62.4 cm³/mol. The molecule has 84 valence electrons. The maximum Gasteiger partial charge on any atom is 0.237 e. The Morgan fingerprint density at radius 1 is 1.44 bits per heavy atom. The van der Waals surface area contributed by atoms with E-state index in [1.165, 1.54) is 0 Å². The standard InChI is InChI=1S/C13H16N2O/c1-3-12(11-7-5-4-6-8-11)15-13(16)10(2)9-14/h4-8,10,12H,3H2,1-2H3,(H,15,16)/t10-,12-/m1/s1. The summed E-state index contributed by atoms with van der Waals surface area (Å²) in [5.41, 5.74) is 1.07. The Hall–Kier alpha value is -1.82. The Bertz CT molecular complexity index is 381. The van der Waals surface area contributed by atoms with Crippen molar-refractivity contribution < 1.29 is 4.79 Å². The van der Waals surface area contributed by atoms with Crippen molar-refractivity contribution in [1.82, 2.24) is 5.32 Å². The summed E-state index contributed by atoms with van der Waals surface area (Å²) in [7, 11) is 0. The maximum absolute atomic E-state index is 11.6. The molecule has 0 fully saturated rings. The number of nitrogens with one attached hydrogen (secondary N) is 1. The Labute approximate surface area is 96.1 Å². The predicted octanol–water partition coefficient (Wildman–Crippen LogP) is 2.41. The third-order valence-electron chi connectivity index (χ3n) is 2.51. The number of carbonyl (C=O) groups is 1. The van der Waals surface area contributed by atoms with E-state index in [9.17, 15) is 4.79 Å². The molecular formula is C13H16N2O. The summed E-state index contributed by atoms with van der Waals surface area (Å²) < 4.78 is 0. The quantitative estimate of drug-likeness (QED) is 0.840. The van der Waals surface area contributed by atoms with E-state index in [4.69, 9.17) is 5.26 Å². The van der Waals surface area contributed by atoms with Gasteiger partial charge in [0.05, 0.1) is 12.1 Å². The second kappa shape index (κ2) is 5.92. The van der Waals surface area contributed by atoms with Crippen LogP contribution in [-0.2, 0) is 4.79 Å². The molecular weight excluding hydrogens is 200 g/mol. The molecule has 0 spiro atoms. The van der Waals surface area contributed by atoms with Gasteiger partial charge in [-0.2, -0.15) is 5.26 Å². The maximum atomic E-state index is 11.6. The van der Waals surface area contributed by atoms with Gasteiger partial charge in [-0.25, -0.2) is 0 Å². The fraction of sp³-hybridized carbons (Fsp3) is 0.385. The summed E-state index contributed by atoms with van der Waals surface area (Å²) >= 11 is 0. The number of hydrogen-bond donors (Lipinski definition) is 1. The average Bonchev–Trinajstić information content (AvgIpc) is 2.35. The zero-order chi connectivity index (χ0) is 12.0. The molecule has 0 aliphatic rings. The van der Waals surface area contributed by atoms with E-state index >= 15 is 0 Å². The van der Waals surface area contributed by atoms with Crippen LogP contribution in [0.25, 0.3) is 0 Å². The van der Waals surface area contributed by atoms with Crippen molar-refractivity contribution in [3.63, 3.8) is 0 Å². The summed E-state index contributed by atoms with van der Waals surface area (Å²) in [6.45, 7) is 3.61. The zero-order valence-corrected chi connectivity index (χ0v) is 9.60. The van der Waals surface area contributed by atoms with Gasteiger partial charge in [0, 0.05) is 0 Å². The van der Waals surface area contributed by atoms with Gasteiger partial charge in [0.1, 0.15) is 5.92 Å². The van der Waals surface area contributed by atoms with Gasteiger partial charge in [0.15, 0.2) is 0 Å². The normalized spacial score (nSPS) is 13.6. The van der Waals surface area contributed by atoms with E-state index in [1.54, 1.807) is 6.92 Å². The highest BCUT2D eigenvalue weighted by atomic mass is 16.1. The molecule has 0 radical (unpaired) electrons. The van der Waals surface area contributed by atoms with Gasteiger partial charge in [0.25, 0.3) is 0 Å². The van der Waals surface area contributed by atoms with Gasteiger partial charge < -0.3 is 5.32 Å². The Balaban J connectivity index is 2.71. The van der Waals surface area contributed by atoms with E-state index in [1.807, 2.05) is 43.3 Å². The molecule has 0 aliphatic carbocycles. The van der Waals surface area contributed by atoms with Crippen molar-refractivity contribution in [2.45, 2.75) is 26.3 Å². The molecule has 0 unspecified atom stereocenters. The highest BCUT2D eigenvalue weighted by Gasteiger charge is 2.16. The minimum Gasteiger partial charge on any atom is -0.348 e. The second-order valence-corrected chi connectivity index (χ2v) is 3.73. The van der Waals surface area contributed by atoms with Crippen LogP contribution in [0.15, 0.2) is 30.3 Å². The molecule has 2 atom stereocenters. The third-order valence-corrected chi connectivity index (χ3v) is 2.51. The monoisotopic (exact) mass is 216 g/mol. The Morgan fingerprint density at radius 3 is 2.56 bits per heavy atom. The molecule has 3 nitrogen and oxygen atoms in total. The summed E-state index contributed by atoms with van der Waals surface area (Å²) in [5.74, 6) is -0.809. The second-order valence-electron chi connectivity index (χ2n) is 3.73. The first-order valence-corrected chi connectivity index (χ1v) is 5.44. The summed E-state index contributed by atoms with van der Waals surface area (Å²) in [5, 5.41) is 11.5. The van der Waals surface area contributed by atoms with Crippen LogP contribution < -0.4 is 5.32 Å². The highest BCUT2D eigenvalue weighted by Crippen LogP contribution is 2.16. The molecule has 1 aromatic rings. The average molecular weight is 216 g/mol. The number of hydrogen-bond acceptors (Lipinski definition) is 2. The van der Waals surface area contributed by atoms with Crippen LogP contribution in [0.5, 0.6) is 0 Å². The molecule has 0 heterocycles. The molecule has 0 saturated heterocycles. The molecule has 0 saturated carbocycles. The summed E-state index contributed by atoms with van der Waals surface area (Å²) in [6.07, 6.45) is 0.813. The van der Waals surface area contributed by atoms with Crippen molar-refractivity contribution >= 4 is 5.91 Å². The summed E-state index contributed by atoms with van der Waals surface area (Å²) in [4.78, 5) is 11.6. The first-order valence-electron chi connectivity index (χ1n) is 5.44. The van der Waals surface area contributed by atoms with Gasteiger partial charge in [-0.05, 0) is 18.9 Å². The minimum atomic E-state index is -0.599. The number of nitrogens with zero attached hydrogens (tertiary/aromatic N) is 1. The van der Waals surface area contributed by atoms with E-state index < -0.39 is 5.92 Å². The zero-order valence-electron chi connectivity index (χ0n) is 9.60. The largest absolute Gasteiger partial charge is 0.348 e. The van der Waals surface area contributed by atoms with Crippen LogP contribution in [0.1, 0.15) is 31.9 Å². The van der Waals surface area contributed by atoms with E-state index in [2.05, 4.69) is 5.32 Å². The molecule has 3 heteroatoms. The van der Waals surface area contributed by atoms with Gasteiger partial charge >= 0.3 is 0 Å². The smallest absolute Gasteiger partial charge is 0.237 e. The molecule has 0 aromatic heterocycles. The van der Waals surface area contributed by atoms with Gasteiger partial charge in [0.2, 0.25) is 5.91 Å². The molecule has 16 heavy (non-hydrogen) atoms. The van der Waals surface area contributed by atoms with Crippen molar-refractivity contribution in [2.75, 3.05) is 0 Å². The van der Waals surface area contributed by atoms with Crippen molar-refractivity contribution in [3.05, 3.63) is 35.9 Å². The topological polar surface area (TPSA) is 52.9 Å². The number of benzene rings is 1. The minimum absolute atomic E-state index is 0.00972. The molecule has 1 N–H and O–H groups in total. The van der Waals surface area contributed by atoms with Crippen LogP contribution in [0.3, 0.4) is 0 Å². The van der Waals surface area contributed by atoms with Crippen molar-refractivity contribution in [1.29, 1.82) is 5.26 Å². The lowest BCUT2D eigenvalue weighted by Gasteiger charge is -2.18. The SMILES string of the molecule is CC[C@@H](NC(=O)[C@H](C)C#N)c1ccccc1. The number of carbonyl (C=O) groups excluding carboxylic acids is 1. The number of rotatable bonds is 4. The molecule has 1 aromatic carbocycles.